The Labute approximate surface area is 171 Å². The van der Waals surface area contributed by atoms with E-state index in [0.717, 1.165) is 37.1 Å². The standard InChI is InChI=1S/C23H27FN2O3/c1-16-23(27)26-11-3-4-20(26)14-25(16)13-18-7-10-21(28-2)22(12-18)29-15-17-5-8-19(24)9-6-17/h5-10,12,16,20H,3-4,11,13-15H2,1-2H3/t16-,20+/m0/s1. The summed E-state index contributed by atoms with van der Waals surface area (Å²) in [4.78, 5) is 17.0. The van der Waals surface area contributed by atoms with E-state index in [9.17, 15) is 9.18 Å². The highest BCUT2D eigenvalue weighted by molar-refractivity contribution is 5.83. The first-order valence-electron chi connectivity index (χ1n) is 10.1. The zero-order valence-corrected chi connectivity index (χ0v) is 16.9. The van der Waals surface area contributed by atoms with E-state index in [4.69, 9.17) is 9.47 Å². The Hall–Kier alpha value is -2.60. The summed E-state index contributed by atoms with van der Waals surface area (Å²) in [5.74, 6) is 1.27. The summed E-state index contributed by atoms with van der Waals surface area (Å²) in [5, 5.41) is 0. The van der Waals surface area contributed by atoms with Gasteiger partial charge in [-0.05, 0) is 55.2 Å². The molecule has 154 valence electrons. The maximum absolute atomic E-state index is 13.1. The Morgan fingerprint density at radius 1 is 1.10 bits per heavy atom. The maximum atomic E-state index is 13.1. The number of halogens is 1. The van der Waals surface area contributed by atoms with Crippen LogP contribution in [0.15, 0.2) is 42.5 Å². The first kappa shape index (κ1) is 19.7. The highest BCUT2D eigenvalue weighted by Crippen LogP contribution is 2.31. The predicted molar refractivity (Wildman–Crippen MR) is 108 cm³/mol. The number of hydrogen-bond donors (Lipinski definition) is 0. The average Bonchev–Trinajstić information content (AvgIpc) is 3.20. The van der Waals surface area contributed by atoms with Gasteiger partial charge in [0.05, 0.1) is 13.2 Å². The van der Waals surface area contributed by atoms with Crippen molar-refractivity contribution in [2.45, 2.75) is 45.0 Å². The number of hydrogen-bond acceptors (Lipinski definition) is 4. The van der Waals surface area contributed by atoms with Crippen LogP contribution < -0.4 is 9.47 Å². The van der Waals surface area contributed by atoms with Crippen LogP contribution in [0.3, 0.4) is 0 Å². The van der Waals surface area contributed by atoms with E-state index < -0.39 is 0 Å². The molecule has 6 heteroatoms. The number of carbonyl (C=O) groups is 1. The lowest BCUT2D eigenvalue weighted by Gasteiger charge is -2.41. The zero-order valence-electron chi connectivity index (χ0n) is 16.9. The lowest BCUT2D eigenvalue weighted by molar-refractivity contribution is -0.143. The van der Waals surface area contributed by atoms with E-state index in [0.29, 0.717) is 30.7 Å². The molecule has 2 fully saturated rings. The molecular formula is C23H27FN2O3. The quantitative estimate of drug-likeness (QED) is 0.746. The van der Waals surface area contributed by atoms with Gasteiger partial charge in [-0.2, -0.15) is 0 Å². The minimum absolute atomic E-state index is 0.116. The van der Waals surface area contributed by atoms with Crippen molar-refractivity contribution >= 4 is 5.91 Å². The molecule has 2 heterocycles. The van der Waals surface area contributed by atoms with E-state index in [2.05, 4.69) is 4.90 Å². The third-order valence-corrected chi connectivity index (χ3v) is 5.93. The zero-order chi connectivity index (χ0) is 20.4. The average molecular weight is 398 g/mol. The normalized spacial score (nSPS) is 21.9. The molecule has 0 N–H and O–H groups in total. The number of nitrogens with zero attached hydrogens (tertiary/aromatic N) is 2. The molecule has 1 amide bonds. The van der Waals surface area contributed by atoms with Crippen LogP contribution in [0.4, 0.5) is 4.39 Å². The van der Waals surface area contributed by atoms with Gasteiger partial charge in [0.25, 0.3) is 0 Å². The SMILES string of the molecule is COc1ccc(CN2C[C@H]3CCCN3C(=O)[C@@H]2C)cc1OCc1ccc(F)cc1. The number of benzene rings is 2. The van der Waals surface area contributed by atoms with Crippen LogP contribution in [-0.2, 0) is 17.9 Å². The second kappa shape index (κ2) is 8.41. The number of ether oxygens (including phenoxy) is 2. The molecule has 0 spiro atoms. The van der Waals surface area contributed by atoms with E-state index >= 15 is 0 Å². The van der Waals surface area contributed by atoms with Gasteiger partial charge in [-0.3, -0.25) is 9.69 Å². The molecule has 2 saturated heterocycles. The van der Waals surface area contributed by atoms with Crippen molar-refractivity contribution in [2.75, 3.05) is 20.2 Å². The second-order valence-electron chi connectivity index (χ2n) is 7.83. The van der Waals surface area contributed by atoms with E-state index in [1.54, 1.807) is 19.2 Å². The number of methoxy groups -OCH3 is 1. The van der Waals surface area contributed by atoms with Gasteiger partial charge < -0.3 is 14.4 Å². The van der Waals surface area contributed by atoms with Crippen molar-refractivity contribution in [2.24, 2.45) is 0 Å². The van der Waals surface area contributed by atoms with Crippen LogP contribution in [-0.4, -0.2) is 48.0 Å². The summed E-state index contributed by atoms with van der Waals surface area (Å²) < 4.78 is 24.5. The Bertz CT molecular complexity index is 871. The summed E-state index contributed by atoms with van der Waals surface area (Å²) in [6.07, 6.45) is 2.18. The van der Waals surface area contributed by atoms with Crippen molar-refractivity contribution in [3.8, 4) is 11.5 Å². The van der Waals surface area contributed by atoms with Gasteiger partial charge in [0.2, 0.25) is 5.91 Å². The Balaban J connectivity index is 1.47. The fraction of sp³-hybridized carbons (Fsp3) is 0.435. The van der Waals surface area contributed by atoms with Gasteiger partial charge in [-0.15, -0.1) is 0 Å². The molecule has 2 atom stereocenters. The van der Waals surface area contributed by atoms with Gasteiger partial charge in [-0.25, -0.2) is 4.39 Å². The van der Waals surface area contributed by atoms with Gasteiger partial charge in [0.1, 0.15) is 12.4 Å². The summed E-state index contributed by atoms with van der Waals surface area (Å²) in [6.45, 7) is 4.81. The molecule has 2 aromatic carbocycles. The van der Waals surface area contributed by atoms with Crippen LogP contribution in [0, 0.1) is 5.82 Å². The summed E-state index contributed by atoms with van der Waals surface area (Å²) in [6, 6.07) is 12.4. The lowest BCUT2D eigenvalue weighted by atomic mass is 10.1. The number of carbonyl (C=O) groups excluding carboxylic acids is 1. The predicted octanol–water partition coefficient (Wildman–Crippen LogP) is 3.61. The molecule has 29 heavy (non-hydrogen) atoms. The number of piperazine rings is 1. The van der Waals surface area contributed by atoms with Crippen LogP contribution in [0.1, 0.15) is 30.9 Å². The molecule has 2 aromatic rings. The third-order valence-electron chi connectivity index (χ3n) is 5.93. The molecule has 2 aliphatic rings. The first-order chi connectivity index (χ1) is 14.0. The number of fused-ring (bicyclic) bond motifs is 1. The highest BCUT2D eigenvalue weighted by atomic mass is 19.1. The molecule has 0 radical (unpaired) electrons. The Kier molecular flexibility index (Phi) is 5.72. The van der Waals surface area contributed by atoms with Gasteiger partial charge in [0, 0.05) is 25.7 Å². The summed E-state index contributed by atoms with van der Waals surface area (Å²) >= 11 is 0. The topological polar surface area (TPSA) is 42.0 Å². The summed E-state index contributed by atoms with van der Waals surface area (Å²) in [7, 11) is 1.61. The second-order valence-corrected chi connectivity index (χ2v) is 7.83. The van der Waals surface area contributed by atoms with Gasteiger partial charge in [0.15, 0.2) is 11.5 Å². The molecule has 0 aromatic heterocycles. The van der Waals surface area contributed by atoms with Crippen LogP contribution >= 0.6 is 0 Å². The molecule has 0 saturated carbocycles. The number of rotatable bonds is 6. The van der Waals surface area contributed by atoms with Crippen LogP contribution in [0.2, 0.25) is 0 Å². The maximum Gasteiger partial charge on any atom is 0.239 e. The van der Waals surface area contributed by atoms with Crippen molar-refractivity contribution < 1.29 is 18.7 Å². The minimum Gasteiger partial charge on any atom is -0.493 e. The monoisotopic (exact) mass is 398 g/mol. The first-order valence-corrected chi connectivity index (χ1v) is 10.1. The van der Waals surface area contributed by atoms with Gasteiger partial charge in [-0.1, -0.05) is 18.2 Å². The van der Waals surface area contributed by atoms with Gasteiger partial charge >= 0.3 is 0 Å². The molecule has 0 unspecified atom stereocenters. The molecular weight excluding hydrogens is 371 g/mol. The van der Waals surface area contributed by atoms with Crippen molar-refractivity contribution in [3.63, 3.8) is 0 Å². The van der Waals surface area contributed by atoms with Crippen LogP contribution in [0.25, 0.3) is 0 Å². The molecule has 2 aliphatic heterocycles. The largest absolute Gasteiger partial charge is 0.493 e. The lowest BCUT2D eigenvalue weighted by Crippen LogP contribution is -2.58. The minimum atomic E-state index is -0.264. The molecule has 0 bridgehead atoms. The molecule has 5 nitrogen and oxygen atoms in total. The fourth-order valence-corrected chi connectivity index (χ4v) is 4.25. The van der Waals surface area contributed by atoms with Crippen LogP contribution in [0.5, 0.6) is 11.5 Å². The Morgan fingerprint density at radius 3 is 2.62 bits per heavy atom. The molecule has 4 rings (SSSR count). The fourth-order valence-electron chi connectivity index (χ4n) is 4.25. The third kappa shape index (κ3) is 4.22. The number of amides is 1. The summed E-state index contributed by atoms with van der Waals surface area (Å²) in [5.41, 5.74) is 1.96. The van der Waals surface area contributed by atoms with Crippen molar-refractivity contribution in [1.29, 1.82) is 0 Å². The van der Waals surface area contributed by atoms with Crippen molar-refractivity contribution in [1.82, 2.24) is 9.80 Å². The van der Waals surface area contributed by atoms with E-state index in [1.807, 2.05) is 30.0 Å². The van der Waals surface area contributed by atoms with E-state index in [1.165, 1.54) is 12.1 Å². The smallest absolute Gasteiger partial charge is 0.239 e. The Morgan fingerprint density at radius 2 is 1.86 bits per heavy atom. The molecule has 0 aliphatic carbocycles. The highest BCUT2D eigenvalue weighted by Gasteiger charge is 2.40. The van der Waals surface area contributed by atoms with E-state index in [-0.39, 0.29) is 17.8 Å². The van der Waals surface area contributed by atoms with Crippen molar-refractivity contribution in [3.05, 3.63) is 59.4 Å².